The number of hydrogen-bond donors (Lipinski definition) is 0. The molecule has 1 heterocycles. The fraction of sp³-hybridized carbons (Fsp3) is 0.333. The summed E-state index contributed by atoms with van der Waals surface area (Å²) in [6.45, 7) is 3.10. The molecule has 1 fully saturated rings. The molecule has 3 aromatic rings. The molecule has 35 heavy (non-hydrogen) atoms. The highest BCUT2D eigenvalue weighted by molar-refractivity contribution is 7.92. The predicted molar refractivity (Wildman–Crippen MR) is 136 cm³/mol. The van der Waals surface area contributed by atoms with Crippen LogP contribution in [-0.4, -0.2) is 33.0 Å². The van der Waals surface area contributed by atoms with Gasteiger partial charge in [0.15, 0.2) is 0 Å². The van der Waals surface area contributed by atoms with Gasteiger partial charge in [-0.2, -0.15) is 0 Å². The maximum atomic E-state index is 14.8. The molecule has 0 radical (unpaired) electrons. The third-order valence-corrected chi connectivity index (χ3v) is 8.41. The normalized spacial score (nSPS) is 14.7. The quantitative estimate of drug-likeness (QED) is 0.327. The van der Waals surface area contributed by atoms with Gasteiger partial charge in [0.05, 0.1) is 17.1 Å². The Kier molecular flexibility index (Phi) is 8.42. The lowest BCUT2D eigenvalue weighted by Crippen LogP contribution is -2.32. The summed E-state index contributed by atoms with van der Waals surface area (Å²) in [7, 11) is -4.20. The van der Waals surface area contributed by atoms with Crippen LogP contribution in [0.15, 0.2) is 71.6 Å². The predicted octanol–water partition coefficient (Wildman–Crippen LogP) is 6.43. The van der Waals surface area contributed by atoms with E-state index in [9.17, 15) is 17.2 Å². The first kappa shape index (κ1) is 25.6. The number of piperidine rings is 1. The van der Waals surface area contributed by atoms with Gasteiger partial charge in [-0.15, -0.1) is 0 Å². The van der Waals surface area contributed by atoms with E-state index < -0.39 is 21.7 Å². The SMILES string of the molecule is O=S(=O)(c1ccc(Cl)cc1)N(Cc1ccccc1CCCN1CCCCC1)c1cc(F)ccc1F. The van der Waals surface area contributed by atoms with Crippen LogP contribution in [0.5, 0.6) is 0 Å². The Bertz CT molecular complexity index is 1250. The first-order valence-electron chi connectivity index (χ1n) is 11.9. The molecular weight excluding hydrogens is 490 g/mol. The second-order valence-corrected chi connectivity index (χ2v) is 11.1. The van der Waals surface area contributed by atoms with E-state index in [4.69, 9.17) is 11.6 Å². The molecule has 0 spiro atoms. The lowest BCUT2D eigenvalue weighted by molar-refractivity contribution is 0.226. The Labute approximate surface area is 211 Å². The minimum atomic E-state index is -4.20. The summed E-state index contributed by atoms with van der Waals surface area (Å²) in [5, 5.41) is 0.381. The highest BCUT2D eigenvalue weighted by Gasteiger charge is 2.28. The van der Waals surface area contributed by atoms with E-state index in [1.165, 1.54) is 43.5 Å². The highest BCUT2D eigenvalue weighted by atomic mass is 35.5. The Hall–Kier alpha value is -2.48. The zero-order valence-electron chi connectivity index (χ0n) is 19.5. The van der Waals surface area contributed by atoms with Crippen LogP contribution in [0.25, 0.3) is 0 Å². The second-order valence-electron chi connectivity index (χ2n) is 8.84. The maximum Gasteiger partial charge on any atom is 0.264 e. The van der Waals surface area contributed by atoms with Crippen molar-refractivity contribution in [3.63, 3.8) is 0 Å². The number of benzene rings is 3. The third kappa shape index (κ3) is 6.40. The van der Waals surface area contributed by atoms with Gasteiger partial charge in [0.25, 0.3) is 10.0 Å². The van der Waals surface area contributed by atoms with Crippen molar-refractivity contribution < 1.29 is 17.2 Å². The van der Waals surface area contributed by atoms with Crippen molar-refractivity contribution in [3.05, 3.63) is 94.5 Å². The van der Waals surface area contributed by atoms with Gasteiger partial charge in [-0.3, -0.25) is 4.31 Å². The van der Waals surface area contributed by atoms with Gasteiger partial charge in [0, 0.05) is 11.1 Å². The maximum absolute atomic E-state index is 14.8. The number of anilines is 1. The fourth-order valence-electron chi connectivity index (χ4n) is 4.50. The highest BCUT2D eigenvalue weighted by Crippen LogP contribution is 2.30. The van der Waals surface area contributed by atoms with Crippen molar-refractivity contribution >= 4 is 27.3 Å². The molecular formula is C27H29ClF2N2O2S. The molecule has 4 rings (SSSR count). The minimum Gasteiger partial charge on any atom is -0.303 e. The molecule has 8 heteroatoms. The average molecular weight is 519 g/mol. The molecule has 0 N–H and O–H groups in total. The lowest BCUT2D eigenvalue weighted by atomic mass is 10.0. The van der Waals surface area contributed by atoms with Gasteiger partial charge in [-0.1, -0.05) is 42.3 Å². The molecule has 1 saturated heterocycles. The average Bonchev–Trinajstić information content (AvgIpc) is 2.86. The Morgan fingerprint density at radius 3 is 2.29 bits per heavy atom. The van der Waals surface area contributed by atoms with Crippen LogP contribution in [0.3, 0.4) is 0 Å². The van der Waals surface area contributed by atoms with Gasteiger partial charge in [-0.25, -0.2) is 17.2 Å². The summed E-state index contributed by atoms with van der Waals surface area (Å²) >= 11 is 5.94. The van der Waals surface area contributed by atoms with Crippen LogP contribution >= 0.6 is 11.6 Å². The molecule has 1 aliphatic heterocycles. The number of sulfonamides is 1. The van der Waals surface area contributed by atoms with Crippen LogP contribution in [0.4, 0.5) is 14.5 Å². The van der Waals surface area contributed by atoms with Crippen LogP contribution in [0, 0.1) is 11.6 Å². The van der Waals surface area contributed by atoms with Gasteiger partial charge < -0.3 is 4.90 Å². The number of likely N-dealkylation sites (tertiary alicyclic amines) is 1. The second kappa shape index (κ2) is 11.5. The van der Waals surface area contributed by atoms with E-state index in [0.29, 0.717) is 5.02 Å². The summed E-state index contributed by atoms with van der Waals surface area (Å²) in [6.07, 6.45) is 5.46. The first-order chi connectivity index (χ1) is 16.8. The van der Waals surface area contributed by atoms with Crippen molar-refractivity contribution in [2.75, 3.05) is 23.9 Å². The lowest BCUT2D eigenvalue weighted by Gasteiger charge is -2.27. The smallest absolute Gasteiger partial charge is 0.264 e. The van der Waals surface area contributed by atoms with Gasteiger partial charge in [-0.05, 0) is 92.8 Å². The van der Waals surface area contributed by atoms with Gasteiger partial charge >= 0.3 is 0 Å². The molecule has 1 aliphatic rings. The van der Waals surface area contributed by atoms with E-state index in [2.05, 4.69) is 4.90 Å². The van der Waals surface area contributed by atoms with E-state index in [1.54, 1.807) is 0 Å². The number of rotatable bonds is 9. The Balaban J connectivity index is 1.64. The standard InChI is InChI=1S/C27H29ClF2N2O2S/c28-23-10-13-25(14-11-23)35(33,34)32(27-19-24(29)12-15-26(27)30)20-22-8-3-2-7-21(22)9-6-18-31-16-4-1-5-17-31/h2-3,7-8,10-15,19H,1,4-6,9,16-18,20H2. The Morgan fingerprint density at radius 2 is 1.57 bits per heavy atom. The minimum absolute atomic E-state index is 0.0480. The van der Waals surface area contributed by atoms with Crippen molar-refractivity contribution in [1.29, 1.82) is 0 Å². The fourth-order valence-corrected chi connectivity index (χ4v) is 6.07. The molecule has 0 atom stereocenters. The van der Waals surface area contributed by atoms with E-state index in [1.807, 2.05) is 24.3 Å². The molecule has 0 bridgehead atoms. The van der Waals surface area contributed by atoms with Crippen molar-refractivity contribution in [2.45, 2.75) is 43.5 Å². The van der Waals surface area contributed by atoms with Gasteiger partial charge in [0.1, 0.15) is 11.6 Å². The molecule has 0 unspecified atom stereocenters. The molecule has 4 nitrogen and oxygen atoms in total. The largest absolute Gasteiger partial charge is 0.303 e. The summed E-state index contributed by atoms with van der Waals surface area (Å²) in [5.74, 6) is -1.53. The number of halogens is 3. The van der Waals surface area contributed by atoms with Crippen LogP contribution in [0.2, 0.25) is 5.02 Å². The summed E-state index contributed by atoms with van der Waals surface area (Å²) in [4.78, 5) is 2.42. The molecule has 186 valence electrons. The molecule has 0 amide bonds. The Morgan fingerprint density at radius 1 is 0.886 bits per heavy atom. The number of nitrogens with zero attached hydrogens (tertiary/aromatic N) is 2. The zero-order valence-corrected chi connectivity index (χ0v) is 21.0. The summed E-state index contributed by atoms with van der Waals surface area (Å²) < 4.78 is 57.1. The van der Waals surface area contributed by atoms with Crippen molar-refractivity contribution in [2.24, 2.45) is 0 Å². The van der Waals surface area contributed by atoms with Gasteiger partial charge in [0.2, 0.25) is 0 Å². The number of aryl methyl sites for hydroxylation is 1. The number of hydrogen-bond acceptors (Lipinski definition) is 3. The topological polar surface area (TPSA) is 40.6 Å². The zero-order chi connectivity index (χ0) is 24.8. The summed E-state index contributed by atoms with van der Waals surface area (Å²) in [6, 6.07) is 16.1. The van der Waals surface area contributed by atoms with E-state index in [-0.39, 0.29) is 17.1 Å². The molecule has 0 aliphatic carbocycles. The van der Waals surface area contributed by atoms with Crippen molar-refractivity contribution in [3.8, 4) is 0 Å². The van der Waals surface area contributed by atoms with E-state index >= 15 is 0 Å². The molecule has 3 aromatic carbocycles. The monoisotopic (exact) mass is 518 g/mol. The van der Waals surface area contributed by atoms with Crippen LogP contribution in [0.1, 0.15) is 36.8 Å². The van der Waals surface area contributed by atoms with Crippen LogP contribution < -0.4 is 4.31 Å². The van der Waals surface area contributed by atoms with E-state index in [0.717, 1.165) is 66.1 Å². The third-order valence-electron chi connectivity index (χ3n) is 6.38. The van der Waals surface area contributed by atoms with Crippen molar-refractivity contribution in [1.82, 2.24) is 4.90 Å². The molecule has 0 aromatic heterocycles. The van der Waals surface area contributed by atoms with Crippen LogP contribution in [-0.2, 0) is 23.0 Å². The molecule has 0 saturated carbocycles. The summed E-state index contributed by atoms with van der Waals surface area (Å²) in [5.41, 5.74) is 1.42. The first-order valence-corrected chi connectivity index (χ1v) is 13.7.